The van der Waals surface area contributed by atoms with Gasteiger partial charge in [0.15, 0.2) is 0 Å². The number of carbonyl (C=O) groups is 3. The van der Waals surface area contributed by atoms with E-state index in [-0.39, 0.29) is 23.3 Å². The van der Waals surface area contributed by atoms with Crippen molar-refractivity contribution in [2.24, 2.45) is 11.8 Å². The summed E-state index contributed by atoms with van der Waals surface area (Å²) in [6.07, 6.45) is 10.4. The van der Waals surface area contributed by atoms with Crippen LogP contribution in [-0.2, 0) is 9.47 Å². The van der Waals surface area contributed by atoms with E-state index >= 15 is 0 Å². The van der Waals surface area contributed by atoms with Crippen molar-refractivity contribution >= 4 is 17.9 Å². The lowest BCUT2D eigenvalue weighted by Crippen LogP contribution is -2.15. The second-order valence-corrected chi connectivity index (χ2v) is 9.53. The number of benzene rings is 1. The van der Waals surface area contributed by atoms with Crippen molar-refractivity contribution in [2.45, 2.75) is 91.9 Å². The van der Waals surface area contributed by atoms with Gasteiger partial charge in [-0.25, -0.2) is 14.4 Å². The maximum absolute atomic E-state index is 12.4. The number of carbonyl (C=O) groups excluding carboxylic acids is 2. The highest BCUT2D eigenvalue weighted by Crippen LogP contribution is 2.16. The average Bonchev–Trinajstić information content (AvgIpc) is 2.76. The fourth-order valence-electron chi connectivity index (χ4n) is 3.53. The van der Waals surface area contributed by atoms with E-state index in [4.69, 9.17) is 9.47 Å². The molecule has 6 heteroatoms. The molecule has 0 amide bonds. The summed E-state index contributed by atoms with van der Waals surface area (Å²) in [6.45, 7) is 9.35. The first kappa shape index (κ1) is 28.7. The normalized spacial score (nSPS) is 11.1. The van der Waals surface area contributed by atoms with Crippen LogP contribution < -0.4 is 0 Å². The van der Waals surface area contributed by atoms with Gasteiger partial charge in [-0.3, -0.25) is 0 Å². The first-order valence-corrected chi connectivity index (χ1v) is 12.4. The lowest BCUT2D eigenvalue weighted by atomic mass is 10.0. The van der Waals surface area contributed by atoms with Gasteiger partial charge >= 0.3 is 17.9 Å². The molecule has 1 aromatic carbocycles. The minimum absolute atomic E-state index is 0.0518. The van der Waals surface area contributed by atoms with E-state index in [1.807, 2.05) is 0 Å². The number of ether oxygens (including phenoxy) is 2. The molecule has 0 atom stereocenters. The van der Waals surface area contributed by atoms with E-state index in [1.165, 1.54) is 37.5 Å². The smallest absolute Gasteiger partial charge is 0.339 e. The maximum Gasteiger partial charge on any atom is 0.339 e. The van der Waals surface area contributed by atoms with Crippen molar-refractivity contribution in [3.05, 3.63) is 34.9 Å². The molecule has 0 saturated heterocycles. The van der Waals surface area contributed by atoms with Crippen LogP contribution in [0, 0.1) is 11.8 Å². The third-order valence-electron chi connectivity index (χ3n) is 5.52. The third-order valence-corrected chi connectivity index (χ3v) is 5.52. The van der Waals surface area contributed by atoms with Gasteiger partial charge in [0.25, 0.3) is 0 Å². The number of carboxylic acid groups (broad SMARTS) is 1. The van der Waals surface area contributed by atoms with Gasteiger partial charge in [-0.05, 0) is 42.9 Å². The molecule has 1 rings (SSSR count). The van der Waals surface area contributed by atoms with Crippen molar-refractivity contribution in [1.29, 1.82) is 0 Å². The summed E-state index contributed by atoms with van der Waals surface area (Å²) in [6, 6.07) is 3.94. The highest BCUT2D eigenvalue weighted by atomic mass is 16.5. The first-order valence-electron chi connectivity index (χ1n) is 12.4. The Labute approximate surface area is 199 Å². The number of hydrogen-bond donors (Lipinski definition) is 1. The largest absolute Gasteiger partial charge is 0.478 e. The highest BCUT2D eigenvalue weighted by Gasteiger charge is 2.20. The molecule has 0 aromatic heterocycles. The standard InChI is InChI=1S/C27H42O6/c1-20(2)13-9-5-7-11-17-32-26(30)22-15-16-23(24(19-22)25(28)29)27(31)33-18-12-8-6-10-14-21(3)4/h15-16,19-21H,5-14,17-18H2,1-4H3,(H,28,29). The lowest BCUT2D eigenvalue weighted by Gasteiger charge is -2.10. The molecular weight excluding hydrogens is 420 g/mol. The Bertz CT molecular complexity index is 738. The van der Waals surface area contributed by atoms with Gasteiger partial charge in [0.05, 0.1) is 29.9 Å². The van der Waals surface area contributed by atoms with E-state index in [9.17, 15) is 19.5 Å². The minimum atomic E-state index is -1.28. The molecule has 0 saturated carbocycles. The van der Waals surface area contributed by atoms with Crippen molar-refractivity contribution in [2.75, 3.05) is 13.2 Å². The SMILES string of the molecule is CC(C)CCCCCCOC(=O)c1ccc(C(=O)OCCCCCCC(C)C)c(C(=O)O)c1. The number of carboxylic acids is 1. The molecule has 1 N–H and O–H groups in total. The molecule has 0 aliphatic heterocycles. The summed E-state index contributed by atoms with van der Waals surface area (Å²) >= 11 is 0. The van der Waals surface area contributed by atoms with Gasteiger partial charge in [0, 0.05) is 0 Å². The topological polar surface area (TPSA) is 89.9 Å². The van der Waals surface area contributed by atoms with Crippen molar-refractivity contribution in [1.82, 2.24) is 0 Å². The van der Waals surface area contributed by atoms with Crippen LogP contribution in [-0.4, -0.2) is 36.2 Å². The van der Waals surface area contributed by atoms with Gasteiger partial charge in [-0.1, -0.05) is 79.1 Å². The van der Waals surface area contributed by atoms with Crippen molar-refractivity contribution in [3.8, 4) is 0 Å². The first-order chi connectivity index (χ1) is 15.7. The summed E-state index contributed by atoms with van der Waals surface area (Å²) in [4.78, 5) is 36.3. The quantitative estimate of drug-likeness (QED) is 0.200. The molecule has 1 aromatic rings. The van der Waals surface area contributed by atoms with Crippen LogP contribution in [0.3, 0.4) is 0 Å². The third kappa shape index (κ3) is 12.4. The molecule has 0 bridgehead atoms. The van der Waals surface area contributed by atoms with Gasteiger partial charge < -0.3 is 14.6 Å². The van der Waals surface area contributed by atoms with Gasteiger partial charge in [-0.2, -0.15) is 0 Å². The second-order valence-electron chi connectivity index (χ2n) is 9.53. The number of unbranched alkanes of at least 4 members (excludes halogenated alkanes) is 6. The molecule has 33 heavy (non-hydrogen) atoms. The molecule has 0 aliphatic carbocycles. The van der Waals surface area contributed by atoms with Gasteiger partial charge in [0.2, 0.25) is 0 Å². The van der Waals surface area contributed by atoms with E-state index in [0.717, 1.165) is 44.9 Å². The number of hydrogen-bond acceptors (Lipinski definition) is 5. The van der Waals surface area contributed by atoms with E-state index in [2.05, 4.69) is 27.7 Å². The molecule has 0 unspecified atom stereocenters. The molecule has 0 spiro atoms. The van der Waals surface area contributed by atoms with Crippen LogP contribution in [0.4, 0.5) is 0 Å². The Morgan fingerprint density at radius 3 is 1.67 bits per heavy atom. The molecule has 0 radical (unpaired) electrons. The van der Waals surface area contributed by atoms with Gasteiger partial charge in [0.1, 0.15) is 0 Å². The average molecular weight is 463 g/mol. The van der Waals surface area contributed by atoms with Crippen LogP contribution in [0.15, 0.2) is 18.2 Å². The summed E-state index contributed by atoms with van der Waals surface area (Å²) in [7, 11) is 0. The maximum atomic E-state index is 12.4. The summed E-state index contributed by atoms with van der Waals surface area (Å²) < 4.78 is 10.5. The Morgan fingerprint density at radius 2 is 1.18 bits per heavy atom. The van der Waals surface area contributed by atoms with Crippen LogP contribution in [0.25, 0.3) is 0 Å². The van der Waals surface area contributed by atoms with Gasteiger partial charge in [-0.15, -0.1) is 0 Å². The van der Waals surface area contributed by atoms with Crippen molar-refractivity contribution < 1.29 is 29.0 Å². The summed E-state index contributed by atoms with van der Waals surface area (Å²) in [5, 5.41) is 9.51. The van der Waals surface area contributed by atoms with Crippen molar-refractivity contribution in [3.63, 3.8) is 0 Å². The van der Waals surface area contributed by atoms with Crippen LogP contribution in [0.2, 0.25) is 0 Å². The second kappa shape index (κ2) is 16.3. The molecular formula is C27H42O6. The molecule has 186 valence electrons. The van der Waals surface area contributed by atoms with Crippen LogP contribution in [0.1, 0.15) is 123 Å². The zero-order valence-electron chi connectivity index (χ0n) is 20.9. The monoisotopic (exact) mass is 462 g/mol. The fourth-order valence-corrected chi connectivity index (χ4v) is 3.53. The summed E-state index contributed by atoms with van der Waals surface area (Å²) in [5.74, 6) is -1.16. The Balaban J connectivity index is 2.48. The number of rotatable bonds is 17. The highest BCUT2D eigenvalue weighted by molar-refractivity contribution is 6.04. The Morgan fingerprint density at radius 1 is 0.697 bits per heavy atom. The molecule has 0 fully saturated rings. The zero-order valence-corrected chi connectivity index (χ0v) is 20.9. The van der Waals surface area contributed by atoms with E-state index in [0.29, 0.717) is 18.4 Å². The summed E-state index contributed by atoms with van der Waals surface area (Å²) in [5.41, 5.74) is -0.182. The predicted molar refractivity (Wildman–Crippen MR) is 130 cm³/mol. The van der Waals surface area contributed by atoms with Crippen LogP contribution >= 0.6 is 0 Å². The number of esters is 2. The lowest BCUT2D eigenvalue weighted by molar-refractivity contribution is 0.0477. The minimum Gasteiger partial charge on any atom is -0.478 e. The Hall–Kier alpha value is -2.37. The van der Waals surface area contributed by atoms with Crippen LogP contribution in [0.5, 0.6) is 0 Å². The van der Waals surface area contributed by atoms with E-state index in [1.54, 1.807) is 0 Å². The number of aromatic carboxylic acids is 1. The molecule has 0 heterocycles. The molecule has 6 nitrogen and oxygen atoms in total. The van der Waals surface area contributed by atoms with E-state index < -0.39 is 17.9 Å². The predicted octanol–water partition coefficient (Wildman–Crippen LogP) is 6.91. The molecule has 0 aliphatic rings. The Kier molecular flexibility index (Phi) is 14.1. The zero-order chi connectivity index (χ0) is 24.6. The fraction of sp³-hybridized carbons (Fsp3) is 0.667.